The maximum Gasteiger partial charge on any atom is 0.0472 e. The zero-order valence-corrected chi connectivity index (χ0v) is 13.7. The van der Waals surface area contributed by atoms with Crippen molar-refractivity contribution < 1.29 is 0 Å². The Balaban J connectivity index is 1.84. The molecule has 2 heterocycles. The van der Waals surface area contributed by atoms with Crippen LogP contribution >= 0.6 is 11.3 Å². The van der Waals surface area contributed by atoms with Gasteiger partial charge in [-0.3, -0.25) is 0 Å². The number of H-pyrrole nitrogens is 1. The molecule has 0 saturated carbocycles. The van der Waals surface area contributed by atoms with Crippen molar-refractivity contribution >= 4 is 64.1 Å². The van der Waals surface area contributed by atoms with E-state index >= 15 is 0 Å². The van der Waals surface area contributed by atoms with E-state index in [1.54, 1.807) is 0 Å². The van der Waals surface area contributed by atoms with Crippen molar-refractivity contribution in [2.45, 2.75) is 0 Å². The van der Waals surface area contributed by atoms with E-state index in [1.165, 1.54) is 52.8 Å². The van der Waals surface area contributed by atoms with Crippen molar-refractivity contribution in [1.82, 2.24) is 4.98 Å². The number of hydrogen-bond acceptors (Lipinski definition) is 1. The summed E-state index contributed by atoms with van der Waals surface area (Å²) < 4.78 is 2.75. The molecular formula is C22H13NS. The molecule has 0 radical (unpaired) electrons. The van der Waals surface area contributed by atoms with Gasteiger partial charge in [0.1, 0.15) is 0 Å². The molecule has 2 aromatic heterocycles. The van der Waals surface area contributed by atoms with Gasteiger partial charge in [0, 0.05) is 42.0 Å². The van der Waals surface area contributed by atoms with Crippen LogP contribution in [0, 0.1) is 0 Å². The van der Waals surface area contributed by atoms with Gasteiger partial charge in [0.2, 0.25) is 0 Å². The molecule has 6 rings (SSSR count). The van der Waals surface area contributed by atoms with Crippen molar-refractivity contribution in [3.05, 3.63) is 72.8 Å². The van der Waals surface area contributed by atoms with E-state index in [0.717, 1.165) is 0 Å². The Hall–Kier alpha value is -2.84. The van der Waals surface area contributed by atoms with Crippen LogP contribution in [0.5, 0.6) is 0 Å². The van der Waals surface area contributed by atoms with E-state index in [0.29, 0.717) is 0 Å². The Labute approximate surface area is 142 Å². The van der Waals surface area contributed by atoms with E-state index in [4.69, 9.17) is 0 Å². The summed E-state index contributed by atoms with van der Waals surface area (Å²) in [5.74, 6) is 0. The summed E-state index contributed by atoms with van der Waals surface area (Å²) >= 11 is 1.90. The predicted octanol–water partition coefficient (Wildman–Crippen LogP) is 6.84. The molecule has 0 aliphatic carbocycles. The Kier molecular flexibility index (Phi) is 2.29. The van der Waals surface area contributed by atoms with Crippen LogP contribution in [0.3, 0.4) is 0 Å². The van der Waals surface area contributed by atoms with E-state index in [9.17, 15) is 0 Å². The Morgan fingerprint density at radius 1 is 0.583 bits per heavy atom. The first kappa shape index (κ1) is 12.6. The molecule has 0 unspecified atom stereocenters. The maximum absolute atomic E-state index is 3.57. The van der Waals surface area contributed by atoms with Gasteiger partial charge < -0.3 is 4.98 Å². The minimum atomic E-state index is 1.21. The van der Waals surface area contributed by atoms with Crippen LogP contribution in [0.15, 0.2) is 72.8 Å². The molecule has 0 amide bonds. The number of fused-ring (bicyclic) bond motifs is 8. The Morgan fingerprint density at radius 2 is 1.42 bits per heavy atom. The molecule has 6 aromatic rings. The molecule has 0 spiro atoms. The zero-order valence-electron chi connectivity index (χ0n) is 12.8. The minimum absolute atomic E-state index is 1.21. The van der Waals surface area contributed by atoms with E-state index in [1.807, 2.05) is 11.3 Å². The van der Waals surface area contributed by atoms with Gasteiger partial charge in [-0.1, -0.05) is 54.6 Å². The lowest BCUT2D eigenvalue weighted by Crippen LogP contribution is -1.72. The highest BCUT2D eigenvalue weighted by Crippen LogP contribution is 2.41. The van der Waals surface area contributed by atoms with Gasteiger partial charge in [0.15, 0.2) is 0 Å². The molecule has 1 N–H and O–H groups in total. The third kappa shape index (κ3) is 1.53. The number of para-hydroxylation sites is 1. The molecule has 4 aromatic carbocycles. The molecule has 0 aliphatic heterocycles. The second-order valence-electron chi connectivity index (χ2n) is 6.33. The van der Waals surface area contributed by atoms with Gasteiger partial charge in [-0.05, 0) is 29.0 Å². The monoisotopic (exact) mass is 323 g/mol. The normalized spacial score (nSPS) is 12.2. The SMILES string of the molecule is c1ccc2c(c1)ccc1c3cc4[nH]c5ccccc5c4cc3sc21. The van der Waals surface area contributed by atoms with Gasteiger partial charge in [0.05, 0.1) is 0 Å². The highest BCUT2D eigenvalue weighted by Gasteiger charge is 2.11. The third-order valence-electron chi connectivity index (χ3n) is 4.99. The largest absolute Gasteiger partial charge is 0.354 e. The van der Waals surface area contributed by atoms with Gasteiger partial charge >= 0.3 is 0 Å². The van der Waals surface area contributed by atoms with Crippen molar-refractivity contribution in [2.75, 3.05) is 0 Å². The number of thiophene rings is 1. The van der Waals surface area contributed by atoms with Crippen LogP contribution in [-0.2, 0) is 0 Å². The molecule has 0 bridgehead atoms. The fourth-order valence-corrected chi connectivity index (χ4v) is 5.11. The van der Waals surface area contributed by atoms with Crippen molar-refractivity contribution in [1.29, 1.82) is 0 Å². The van der Waals surface area contributed by atoms with Crippen molar-refractivity contribution in [3.63, 3.8) is 0 Å². The first-order chi connectivity index (χ1) is 11.9. The van der Waals surface area contributed by atoms with Gasteiger partial charge in [0.25, 0.3) is 0 Å². The molecule has 0 atom stereocenters. The summed E-state index contributed by atoms with van der Waals surface area (Å²) in [6, 6.07) is 26.4. The summed E-state index contributed by atoms with van der Waals surface area (Å²) in [7, 11) is 0. The van der Waals surface area contributed by atoms with Crippen LogP contribution in [-0.4, -0.2) is 4.98 Å². The van der Waals surface area contributed by atoms with Crippen LogP contribution in [0.2, 0.25) is 0 Å². The molecule has 0 fully saturated rings. The first-order valence-electron chi connectivity index (χ1n) is 8.13. The zero-order chi connectivity index (χ0) is 15.7. The van der Waals surface area contributed by atoms with E-state index in [-0.39, 0.29) is 0 Å². The van der Waals surface area contributed by atoms with Gasteiger partial charge in [-0.15, -0.1) is 11.3 Å². The average Bonchev–Trinajstić information content (AvgIpc) is 3.17. The molecule has 0 saturated heterocycles. The highest BCUT2D eigenvalue weighted by molar-refractivity contribution is 7.26. The second-order valence-corrected chi connectivity index (χ2v) is 7.38. The van der Waals surface area contributed by atoms with Gasteiger partial charge in [-0.25, -0.2) is 0 Å². The second kappa shape index (κ2) is 4.37. The third-order valence-corrected chi connectivity index (χ3v) is 6.19. The van der Waals surface area contributed by atoms with Crippen molar-refractivity contribution in [2.24, 2.45) is 0 Å². The summed E-state index contributed by atoms with van der Waals surface area (Å²) in [5.41, 5.74) is 2.43. The number of aromatic amines is 1. The average molecular weight is 323 g/mol. The fraction of sp³-hybridized carbons (Fsp3) is 0. The lowest BCUT2D eigenvalue weighted by atomic mass is 10.1. The topological polar surface area (TPSA) is 15.8 Å². The summed E-state index contributed by atoms with van der Waals surface area (Å²) in [5, 5.41) is 7.98. The lowest BCUT2D eigenvalue weighted by Gasteiger charge is -1.98. The van der Waals surface area contributed by atoms with Crippen LogP contribution < -0.4 is 0 Å². The smallest absolute Gasteiger partial charge is 0.0472 e. The summed E-state index contributed by atoms with van der Waals surface area (Å²) in [6.07, 6.45) is 0. The molecule has 1 nitrogen and oxygen atoms in total. The first-order valence-corrected chi connectivity index (χ1v) is 8.94. The number of benzene rings is 4. The predicted molar refractivity (Wildman–Crippen MR) is 106 cm³/mol. The van der Waals surface area contributed by atoms with Crippen LogP contribution in [0.25, 0.3) is 52.8 Å². The molecule has 0 aliphatic rings. The standard InChI is InChI=1S/C22H13NS/c1-2-6-14-13(5-1)9-10-16-18-11-20-17(12-21(18)24-22(14)16)15-7-3-4-8-19(15)23-20/h1-12,23H. The van der Waals surface area contributed by atoms with Crippen molar-refractivity contribution in [3.8, 4) is 0 Å². The van der Waals surface area contributed by atoms with Gasteiger partial charge in [-0.2, -0.15) is 0 Å². The van der Waals surface area contributed by atoms with E-state index < -0.39 is 0 Å². The number of hydrogen-bond donors (Lipinski definition) is 1. The lowest BCUT2D eigenvalue weighted by molar-refractivity contribution is 1.56. The van der Waals surface area contributed by atoms with Crippen LogP contribution in [0.4, 0.5) is 0 Å². The molecule has 2 heteroatoms. The quantitative estimate of drug-likeness (QED) is 0.315. The minimum Gasteiger partial charge on any atom is -0.354 e. The highest BCUT2D eigenvalue weighted by atomic mass is 32.1. The number of rotatable bonds is 0. The van der Waals surface area contributed by atoms with Crippen LogP contribution in [0.1, 0.15) is 0 Å². The molecule has 24 heavy (non-hydrogen) atoms. The maximum atomic E-state index is 3.57. The number of nitrogens with one attached hydrogen (secondary N) is 1. The Morgan fingerprint density at radius 3 is 2.38 bits per heavy atom. The molecular weight excluding hydrogens is 310 g/mol. The number of aromatic nitrogens is 1. The van der Waals surface area contributed by atoms with E-state index in [2.05, 4.69) is 77.8 Å². The summed E-state index contributed by atoms with van der Waals surface area (Å²) in [4.78, 5) is 3.57. The molecule has 112 valence electrons. The summed E-state index contributed by atoms with van der Waals surface area (Å²) in [6.45, 7) is 0. The Bertz CT molecular complexity index is 1400. The fourth-order valence-electron chi connectivity index (χ4n) is 3.85.